The van der Waals surface area contributed by atoms with E-state index in [9.17, 15) is 8.42 Å². The van der Waals surface area contributed by atoms with Gasteiger partial charge in [-0.2, -0.15) is 4.31 Å². The molecule has 0 bridgehead atoms. The van der Waals surface area contributed by atoms with E-state index in [1.54, 1.807) is 31.3 Å². The van der Waals surface area contributed by atoms with E-state index in [1.807, 2.05) is 0 Å². The fourth-order valence-corrected chi connectivity index (χ4v) is 3.22. The van der Waals surface area contributed by atoms with Crippen molar-refractivity contribution >= 4 is 10.0 Å². The van der Waals surface area contributed by atoms with Crippen LogP contribution in [0.25, 0.3) is 0 Å². The summed E-state index contributed by atoms with van der Waals surface area (Å²) in [4.78, 5) is 0.309. The van der Waals surface area contributed by atoms with Crippen LogP contribution in [0.3, 0.4) is 0 Å². The zero-order valence-electron chi connectivity index (χ0n) is 12.2. The van der Waals surface area contributed by atoms with Crippen molar-refractivity contribution < 1.29 is 13.2 Å². The summed E-state index contributed by atoms with van der Waals surface area (Å²) >= 11 is 0. The van der Waals surface area contributed by atoms with Crippen molar-refractivity contribution in [1.82, 2.24) is 9.62 Å². The Hall–Kier alpha value is -1.11. The first-order chi connectivity index (χ1) is 9.41. The van der Waals surface area contributed by atoms with Crippen LogP contribution < -0.4 is 10.1 Å². The van der Waals surface area contributed by atoms with Crippen molar-refractivity contribution in [3.05, 3.63) is 24.3 Å². The number of likely N-dealkylation sites (N-methyl/N-ethyl adjacent to an activating group) is 1. The summed E-state index contributed by atoms with van der Waals surface area (Å²) in [6, 6.07) is 6.68. The molecule has 6 heteroatoms. The lowest BCUT2D eigenvalue weighted by Gasteiger charge is -2.34. The predicted octanol–water partition coefficient (Wildman–Crippen LogP) is 1.31. The highest BCUT2D eigenvalue weighted by Crippen LogP contribution is 2.21. The first-order valence-electron chi connectivity index (χ1n) is 6.83. The minimum Gasteiger partial charge on any atom is -0.493 e. The topological polar surface area (TPSA) is 58.6 Å². The number of hydrogen-bond acceptors (Lipinski definition) is 4. The van der Waals surface area contributed by atoms with Gasteiger partial charge in [0.2, 0.25) is 10.0 Å². The number of rotatable bonds is 6. The molecule has 0 aromatic heterocycles. The van der Waals surface area contributed by atoms with Crippen molar-refractivity contribution in [2.24, 2.45) is 5.92 Å². The van der Waals surface area contributed by atoms with Crippen LogP contribution in [0.15, 0.2) is 29.2 Å². The normalized spacial score (nSPS) is 16.4. The maximum absolute atomic E-state index is 12.4. The van der Waals surface area contributed by atoms with E-state index in [0.717, 1.165) is 0 Å². The average Bonchev–Trinajstić information content (AvgIpc) is 2.34. The molecule has 2 rings (SSSR count). The van der Waals surface area contributed by atoms with Crippen LogP contribution in [0.4, 0.5) is 0 Å². The monoisotopic (exact) mass is 298 g/mol. The summed E-state index contributed by atoms with van der Waals surface area (Å²) in [5.74, 6) is 1.14. The van der Waals surface area contributed by atoms with Gasteiger partial charge in [0.15, 0.2) is 0 Å². The first-order valence-corrected chi connectivity index (χ1v) is 8.27. The second-order valence-electron chi connectivity index (χ2n) is 5.51. The smallest absolute Gasteiger partial charge is 0.243 e. The van der Waals surface area contributed by atoms with Gasteiger partial charge in [0.05, 0.1) is 11.5 Å². The fraction of sp³-hybridized carbons (Fsp3) is 0.571. The summed E-state index contributed by atoms with van der Waals surface area (Å²) in [6.45, 7) is 6.19. The van der Waals surface area contributed by atoms with E-state index in [1.165, 1.54) is 4.31 Å². The molecule has 112 valence electrons. The second kappa shape index (κ2) is 6.11. The summed E-state index contributed by atoms with van der Waals surface area (Å²) in [5, 5.41) is 3.08. The van der Waals surface area contributed by atoms with Crippen molar-refractivity contribution in [2.75, 3.05) is 26.7 Å². The van der Waals surface area contributed by atoms with Gasteiger partial charge in [0, 0.05) is 26.2 Å². The van der Waals surface area contributed by atoms with E-state index in [0.29, 0.717) is 36.3 Å². The Morgan fingerprint density at radius 3 is 2.35 bits per heavy atom. The molecular formula is C14H22N2O3S. The quantitative estimate of drug-likeness (QED) is 0.860. The number of hydrogen-bond donors (Lipinski definition) is 1. The Morgan fingerprint density at radius 1 is 1.30 bits per heavy atom. The molecule has 1 saturated heterocycles. The maximum atomic E-state index is 12.4. The molecule has 20 heavy (non-hydrogen) atoms. The van der Waals surface area contributed by atoms with E-state index in [-0.39, 0.29) is 6.04 Å². The molecule has 1 aromatic rings. The van der Waals surface area contributed by atoms with Crippen molar-refractivity contribution in [1.29, 1.82) is 0 Å². The molecule has 1 fully saturated rings. The standard InChI is InChI=1S/C14H22N2O3S/c1-11(2)10-19-13-4-6-14(7-5-13)20(17,18)16(3)12-8-15-9-12/h4-7,11-12,15H,8-10H2,1-3H3. The van der Waals surface area contributed by atoms with Crippen molar-refractivity contribution in [2.45, 2.75) is 24.8 Å². The van der Waals surface area contributed by atoms with Gasteiger partial charge in [-0.15, -0.1) is 0 Å². The molecule has 1 aromatic carbocycles. The minimum absolute atomic E-state index is 0.0527. The van der Waals surface area contributed by atoms with Gasteiger partial charge in [-0.3, -0.25) is 0 Å². The largest absolute Gasteiger partial charge is 0.493 e. The Labute approximate surface area is 121 Å². The second-order valence-corrected chi connectivity index (χ2v) is 7.51. The highest BCUT2D eigenvalue weighted by molar-refractivity contribution is 7.89. The SMILES string of the molecule is CC(C)COc1ccc(S(=O)(=O)N(C)C2CNC2)cc1. The van der Waals surface area contributed by atoms with Crippen molar-refractivity contribution in [3.8, 4) is 5.75 Å². The molecule has 1 aliphatic rings. The van der Waals surface area contributed by atoms with Crippen LogP contribution in [-0.4, -0.2) is 45.5 Å². The van der Waals surface area contributed by atoms with E-state index in [4.69, 9.17) is 4.74 Å². The van der Waals surface area contributed by atoms with Crippen LogP contribution in [0.2, 0.25) is 0 Å². The van der Waals surface area contributed by atoms with Crippen LogP contribution >= 0.6 is 0 Å². The number of nitrogens with one attached hydrogen (secondary N) is 1. The lowest BCUT2D eigenvalue weighted by atomic mass is 10.2. The molecular weight excluding hydrogens is 276 g/mol. The fourth-order valence-electron chi connectivity index (χ4n) is 1.86. The van der Waals surface area contributed by atoms with Crippen molar-refractivity contribution in [3.63, 3.8) is 0 Å². The predicted molar refractivity (Wildman–Crippen MR) is 78.4 cm³/mol. The van der Waals surface area contributed by atoms with Crippen LogP contribution in [0.5, 0.6) is 5.75 Å². The number of benzene rings is 1. The van der Waals surface area contributed by atoms with E-state index < -0.39 is 10.0 Å². The summed E-state index contributed by atoms with van der Waals surface area (Å²) in [6.07, 6.45) is 0. The highest BCUT2D eigenvalue weighted by atomic mass is 32.2. The first kappa shape index (κ1) is 15.3. The highest BCUT2D eigenvalue weighted by Gasteiger charge is 2.31. The molecule has 1 N–H and O–H groups in total. The Kier molecular flexibility index (Phi) is 4.67. The molecule has 0 unspecified atom stereocenters. The molecule has 1 aliphatic heterocycles. The van der Waals surface area contributed by atoms with Gasteiger partial charge in [0.25, 0.3) is 0 Å². The minimum atomic E-state index is -3.41. The molecule has 0 aliphatic carbocycles. The number of nitrogens with zero attached hydrogens (tertiary/aromatic N) is 1. The Bertz CT molecular complexity index is 536. The molecule has 0 saturated carbocycles. The molecule has 0 atom stereocenters. The lowest BCUT2D eigenvalue weighted by Crippen LogP contribution is -2.57. The molecule has 0 spiro atoms. The molecule has 0 radical (unpaired) electrons. The molecule has 0 amide bonds. The van der Waals surface area contributed by atoms with Crippen LogP contribution in [0.1, 0.15) is 13.8 Å². The number of sulfonamides is 1. The van der Waals surface area contributed by atoms with Gasteiger partial charge in [0.1, 0.15) is 5.75 Å². The summed E-state index contributed by atoms with van der Waals surface area (Å²) < 4.78 is 31.8. The lowest BCUT2D eigenvalue weighted by molar-refractivity contribution is 0.270. The zero-order valence-corrected chi connectivity index (χ0v) is 13.0. The third kappa shape index (κ3) is 3.31. The van der Waals surface area contributed by atoms with Gasteiger partial charge < -0.3 is 10.1 Å². The van der Waals surface area contributed by atoms with Crippen LogP contribution in [0, 0.1) is 5.92 Å². The molecule has 1 heterocycles. The average molecular weight is 298 g/mol. The van der Waals surface area contributed by atoms with Gasteiger partial charge in [-0.1, -0.05) is 13.8 Å². The van der Waals surface area contributed by atoms with Gasteiger partial charge >= 0.3 is 0 Å². The van der Waals surface area contributed by atoms with Gasteiger partial charge in [-0.25, -0.2) is 8.42 Å². The number of ether oxygens (including phenoxy) is 1. The third-order valence-electron chi connectivity index (χ3n) is 3.36. The Balaban J connectivity index is 2.08. The third-order valence-corrected chi connectivity index (χ3v) is 5.28. The van der Waals surface area contributed by atoms with Gasteiger partial charge in [-0.05, 0) is 30.2 Å². The maximum Gasteiger partial charge on any atom is 0.243 e. The van der Waals surface area contributed by atoms with E-state index >= 15 is 0 Å². The molecule has 5 nitrogen and oxygen atoms in total. The summed E-state index contributed by atoms with van der Waals surface area (Å²) in [5.41, 5.74) is 0. The summed E-state index contributed by atoms with van der Waals surface area (Å²) in [7, 11) is -1.78. The Morgan fingerprint density at radius 2 is 1.90 bits per heavy atom. The van der Waals surface area contributed by atoms with E-state index in [2.05, 4.69) is 19.2 Å². The zero-order chi connectivity index (χ0) is 14.8. The van der Waals surface area contributed by atoms with Crippen LogP contribution in [-0.2, 0) is 10.0 Å².